The van der Waals surface area contributed by atoms with Crippen LogP contribution in [0.3, 0.4) is 0 Å². The molecule has 0 radical (unpaired) electrons. The fraction of sp³-hybridized carbons (Fsp3) is 0.111. The van der Waals surface area contributed by atoms with Gasteiger partial charge in [0, 0.05) is 11.4 Å². The van der Waals surface area contributed by atoms with Gasteiger partial charge in [0.15, 0.2) is 6.61 Å². The van der Waals surface area contributed by atoms with Gasteiger partial charge < -0.3 is 15.4 Å². The van der Waals surface area contributed by atoms with E-state index in [0.717, 1.165) is 16.5 Å². The number of benzene rings is 3. The molecule has 4 rings (SSSR count). The highest BCUT2D eigenvalue weighted by atomic mass is 35.5. The highest BCUT2D eigenvalue weighted by Gasteiger charge is 2.36. The first-order valence-electron chi connectivity index (χ1n) is 11.3. The molecule has 1 aliphatic heterocycles. The number of carbonyl (C=O) groups is 4. The van der Waals surface area contributed by atoms with Crippen LogP contribution in [0.4, 0.5) is 20.6 Å². The number of hydrogen-bond acceptors (Lipinski definition) is 6. The lowest BCUT2D eigenvalue weighted by molar-refractivity contribution is -0.127. The van der Waals surface area contributed by atoms with Gasteiger partial charge in [0.2, 0.25) is 5.91 Å². The number of thioether (sulfide) groups is 1. The van der Waals surface area contributed by atoms with Crippen molar-refractivity contribution < 1.29 is 28.3 Å². The number of halogens is 2. The Balaban J connectivity index is 1.30. The second-order valence-electron chi connectivity index (χ2n) is 8.22. The number of aryl methyl sites for hydroxylation is 1. The van der Waals surface area contributed by atoms with Crippen LogP contribution < -0.4 is 15.4 Å². The molecule has 1 saturated heterocycles. The van der Waals surface area contributed by atoms with E-state index in [1.54, 1.807) is 36.4 Å². The molecular formula is C27H21ClFN3O5S. The van der Waals surface area contributed by atoms with Crippen molar-refractivity contribution in [3.63, 3.8) is 0 Å². The highest BCUT2D eigenvalue weighted by Crippen LogP contribution is 2.32. The van der Waals surface area contributed by atoms with Gasteiger partial charge in [-0.25, -0.2) is 4.39 Å². The quantitative estimate of drug-likeness (QED) is 0.358. The maximum atomic E-state index is 13.3. The van der Waals surface area contributed by atoms with Crippen LogP contribution in [0.25, 0.3) is 6.08 Å². The molecular weight excluding hydrogens is 533 g/mol. The number of anilines is 2. The molecule has 3 aromatic rings. The average Bonchev–Trinajstić information content (AvgIpc) is 3.14. The van der Waals surface area contributed by atoms with E-state index in [-0.39, 0.29) is 28.1 Å². The number of imide groups is 1. The Kier molecular flexibility index (Phi) is 8.45. The van der Waals surface area contributed by atoms with Crippen molar-refractivity contribution in [1.82, 2.24) is 4.90 Å². The van der Waals surface area contributed by atoms with Gasteiger partial charge in [-0.1, -0.05) is 41.4 Å². The number of hydrogen-bond donors (Lipinski definition) is 2. The van der Waals surface area contributed by atoms with Crippen LogP contribution in [0.1, 0.15) is 11.1 Å². The third-order valence-electron chi connectivity index (χ3n) is 5.26. The van der Waals surface area contributed by atoms with Crippen molar-refractivity contribution in [1.29, 1.82) is 0 Å². The topological polar surface area (TPSA) is 105 Å². The molecule has 0 atom stereocenters. The van der Waals surface area contributed by atoms with Crippen LogP contribution in [0.2, 0.25) is 5.02 Å². The number of nitrogens with zero attached hydrogens (tertiary/aromatic N) is 1. The third kappa shape index (κ3) is 6.99. The predicted molar refractivity (Wildman–Crippen MR) is 144 cm³/mol. The second kappa shape index (κ2) is 11.9. The minimum absolute atomic E-state index is 0.152. The first-order valence-corrected chi connectivity index (χ1v) is 12.5. The van der Waals surface area contributed by atoms with E-state index < -0.39 is 29.4 Å². The largest absolute Gasteiger partial charge is 0.484 e. The maximum Gasteiger partial charge on any atom is 0.294 e. The Morgan fingerprint density at radius 3 is 2.32 bits per heavy atom. The lowest BCUT2D eigenvalue weighted by Crippen LogP contribution is -2.36. The number of ether oxygens (including phenoxy) is 1. The Morgan fingerprint density at radius 1 is 0.974 bits per heavy atom. The van der Waals surface area contributed by atoms with E-state index >= 15 is 0 Å². The van der Waals surface area contributed by atoms with Crippen molar-refractivity contribution in [3.05, 3.63) is 93.6 Å². The Hall–Kier alpha value is -4.15. The molecule has 11 heteroatoms. The van der Waals surface area contributed by atoms with E-state index in [1.807, 2.05) is 19.1 Å². The fourth-order valence-corrected chi connectivity index (χ4v) is 4.37. The van der Waals surface area contributed by atoms with Gasteiger partial charge in [-0.3, -0.25) is 24.1 Å². The molecule has 8 nitrogen and oxygen atoms in total. The molecule has 0 saturated carbocycles. The number of nitrogens with one attached hydrogen (secondary N) is 2. The Bertz CT molecular complexity index is 1430. The van der Waals surface area contributed by atoms with Crippen LogP contribution >= 0.6 is 23.4 Å². The summed E-state index contributed by atoms with van der Waals surface area (Å²) >= 11 is 6.42. The molecule has 38 heavy (non-hydrogen) atoms. The van der Waals surface area contributed by atoms with Crippen molar-refractivity contribution in [3.8, 4) is 5.75 Å². The zero-order chi connectivity index (χ0) is 27.2. The van der Waals surface area contributed by atoms with Crippen LogP contribution in [-0.4, -0.2) is 41.0 Å². The van der Waals surface area contributed by atoms with Crippen LogP contribution in [0.5, 0.6) is 5.75 Å². The first-order chi connectivity index (χ1) is 18.2. The second-order valence-corrected chi connectivity index (χ2v) is 9.62. The summed E-state index contributed by atoms with van der Waals surface area (Å²) in [6.07, 6.45) is 1.52. The molecule has 3 aromatic carbocycles. The highest BCUT2D eigenvalue weighted by molar-refractivity contribution is 8.18. The average molecular weight is 554 g/mol. The Morgan fingerprint density at radius 2 is 1.63 bits per heavy atom. The summed E-state index contributed by atoms with van der Waals surface area (Å²) in [4.78, 5) is 50.4. The maximum absolute atomic E-state index is 13.3. The van der Waals surface area contributed by atoms with Crippen molar-refractivity contribution in [2.75, 3.05) is 23.8 Å². The fourth-order valence-electron chi connectivity index (χ4n) is 3.35. The van der Waals surface area contributed by atoms with Crippen molar-refractivity contribution in [2.24, 2.45) is 0 Å². The van der Waals surface area contributed by atoms with E-state index in [4.69, 9.17) is 16.3 Å². The molecule has 0 spiro atoms. The molecule has 1 heterocycles. The molecule has 4 amide bonds. The summed E-state index contributed by atoms with van der Waals surface area (Å²) in [5.41, 5.74) is 2.62. The monoisotopic (exact) mass is 553 g/mol. The molecule has 1 fully saturated rings. The summed E-state index contributed by atoms with van der Waals surface area (Å²) in [5.74, 6) is -1.74. The number of rotatable bonds is 8. The standard InChI is InChI=1S/C27H21ClFN3O5S/c1-16-2-6-18(7-3-16)30-25(34)15-37-20-9-4-17(5-10-20)12-23-26(35)32(27(36)38-23)14-24(33)31-19-8-11-22(29)21(28)13-19/h2-13H,14-15H2,1H3,(H,30,34)(H,31,33)/b23-12+. The molecule has 0 bridgehead atoms. The van der Waals surface area contributed by atoms with Crippen LogP contribution in [0, 0.1) is 12.7 Å². The molecule has 0 unspecified atom stereocenters. The molecule has 194 valence electrons. The minimum Gasteiger partial charge on any atom is -0.484 e. The van der Waals surface area contributed by atoms with E-state index in [2.05, 4.69) is 10.6 Å². The summed E-state index contributed by atoms with van der Waals surface area (Å²) in [7, 11) is 0. The van der Waals surface area contributed by atoms with Gasteiger partial charge in [-0.05, 0) is 72.8 Å². The number of carbonyl (C=O) groups excluding carboxylic acids is 4. The van der Waals surface area contributed by atoms with Crippen LogP contribution in [-0.2, 0) is 14.4 Å². The van der Waals surface area contributed by atoms with Gasteiger partial charge in [0.05, 0.1) is 9.93 Å². The molecule has 2 N–H and O–H groups in total. The normalized spacial score (nSPS) is 14.1. The van der Waals surface area contributed by atoms with Gasteiger partial charge in [-0.15, -0.1) is 0 Å². The molecule has 1 aliphatic rings. The van der Waals surface area contributed by atoms with E-state index in [9.17, 15) is 23.6 Å². The summed E-state index contributed by atoms with van der Waals surface area (Å²) in [6.45, 7) is 1.27. The molecule has 0 aromatic heterocycles. The zero-order valence-corrected chi connectivity index (χ0v) is 21.6. The van der Waals surface area contributed by atoms with E-state index in [1.165, 1.54) is 18.2 Å². The summed E-state index contributed by atoms with van der Waals surface area (Å²) in [5, 5.41) is 4.46. The minimum atomic E-state index is -0.635. The Labute approximate surface area is 226 Å². The van der Waals surface area contributed by atoms with Gasteiger partial charge >= 0.3 is 0 Å². The van der Waals surface area contributed by atoms with Crippen molar-refractivity contribution in [2.45, 2.75) is 6.92 Å². The molecule has 0 aliphatic carbocycles. The summed E-state index contributed by atoms with van der Waals surface area (Å²) < 4.78 is 18.8. The van der Waals surface area contributed by atoms with Crippen LogP contribution in [0.15, 0.2) is 71.6 Å². The lowest BCUT2D eigenvalue weighted by atomic mass is 10.2. The zero-order valence-electron chi connectivity index (χ0n) is 20.0. The van der Waals surface area contributed by atoms with Gasteiger partial charge in [0.1, 0.15) is 18.1 Å². The predicted octanol–water partition coefficient (Wildman–Crippen LogP) is 5.48. The number of amides is 4. The lowest BCUT2D eigenvalue weighted by Gasteiger charge is -2.12. The smallest absolute Gasteiger partial charge is 0.294 e. The van der Waals surface area contributed by atoms with E-state index in [0.29, 0.717) is 28.8 Å². The van der Waals surface area contributed by atoms with Gasteiger partial charge in [0.25, 0.3) is 17.1 Å². The summed E-state index contributed by atoms with van der Waals surface area (Å²) in [6, 6.07) is 17.6. The SMILES string of the molecule is Cc1ccc(NC(=O)COc2ccc(/C=C3/SC(=O)N(CC(=O)Nc4ccc(F)c(Cl)c4)C3=O)cc2)cc1. The van der Waals surface area contributed by atoms with Gasteiger partial charge in [-0.2, -0.15) is 0 Å². The third-order valence-corrected chi connectivity index (χ3v) is 6.46. The first kappa shape index (κ1) is 26.9. The van der Waals surface area contributed by atoms with Crippen molar-refractivity contribution >= 4 is 63.8 Å².